The van der Waals surface area contributed by atoms with Crippen molar-refractivity contribution < 1.29 is 9.47 Å². The first-order valence-corrected chi connectivity index (χ1v) is 8.10. The molecule has 0 heterocycles. The maximum atomic E-state index is 5.86. The van der Waals surface area contributed by atoms with Crippen molar-refractivity contribution in [3.8, 4) is 11.5 Å². The van der Waals surface area contributed by atoms with Crippen molar-refractivity contribution >= 4 is 35.3 Å². The Morgan fingerprint density at radius 1 is 1.14 bits per heavy atom. The molecular weight excluding hydrogens is 331 g/mol. The van der Waals surface area contributed by atoms with E-state index in [0.29, 0.717) is 18.0 Å². The summed E-state index contributed by atoms with van der Waals surface area (Å²) in [7, 11) is 1.64. The van der Waals surface area contributed by atoms with Crippen LogP contribution in [0.25, 0.3) is 0 Å². The third kappa shape index (κ3) is 3.94. The molecule has 110 valence electrons. The van der Waals surface area contributed by atoms with Crippen molar-refractivity contribution in [2.45, 2.75) is 0 Å². The summed E-state index contributed by atoms with van der Waals surface area (Å²) in [5.41, 5.74) is 12.8. The van der Waals surface area contributed by atoms with E-state index < -0.39 is 0 Å². The fourth-order valence-electron chi connectivity index (χ4n) is 1.70. The van der Waals surface area contributed by atoms with Crippen LogP contribution in [-0.4, -0.2) is 28.7 Å². The van der Waals surface area contributed by atoms with E-state index in [4.69, 9.17) is 20.9 Å². The van der Waals surface area contributed by atoms with Crippen LogP contribution in [0.15, 0.2) is 49.1 Å². The van der Waals surface area contributed by atoms with Gasteiger partial charge in [0.25, 0.3) is 0 Å². The van der Waals surface area contributed by atoms with Gasteiger partial charge in [0.1, 0.15) is 0 Å². The fourth-order valence-corrected chi connectivity index (χ4v) is 3.66. The van der Waals surface area contributed by atoms with Crippen LogP contribution in [0.3, 0.4) is 0 Å². The number of nitrogen functional groups attached to an aromatic ring is 2. The zero-order valence-corrected chi connectivity index (χ0v) is 13.5. The number of rotatable bonds is 6. The van der Waals surface area contributed by atoms with E-state index >= 15 is 0 Å². The zero-order valence-electron chi connectivity index (χ0n) is 11.8. The predicted octanol–water partition coefficient (Wildman–Crippen LogP) is 1.08. The molecule has 0 saturated carbocycles. The number of hydrogen-bond acceptors (Lipinski definition) is 4. The second kappa shape index (κ2) is 7.06. The molecule has 0 fully saturated rings. The normalized spacial score (nSPS) is 10.1. The van der Waals surface area contributed by atoms with Gasteiger partial charge in [-0.1, -0.05) is 0 Å². The fraction of sp³-hybridized carbons (Fsp3) is 0.125. The minimum atomic E-state index is 0.0740. The Bertz CT molecular complexity index is 644. The molecule has 0 saturated heterocycles. The molecule has 0 bridgehead atoms. The van der Waals surface area contributed by atoms with Crippen LogP contribution in [0.1, 0.15) is 0 Å². The maximum absolute atomic E-state index is 5.86. The summed E-state index contributed by atoms with van der Waals surface area (Å²) in [5.74, 6) is 1.58. The van der Waals surface area contributed by atoms with Crippen molar-refractivity contribution in [1.82, 2.24) is 0 Å². The van der Waals surface area contributed by atoms with Crippen molar-refractivity contribution in [2.24, 2.45) is 0 Å². The average Bonchev–Trinajstić information content (AvgIpc) is 2.50. The SMILES string of the molecule is C=CCOc1cc(OC)ccc1[Se]c1ccc(N)c(N)c1. The number of benzene rings is 2. The van der Waals surface area contributed by atoms with Gasteiger partial charge in [-0.25, -0.2) is 0 Å². The molecule has 0 spiro atoms. The molecule has 0 radical (unpaired) electrons. The Kier molecular flexibility index (Phi) is 5.14. The molecule has 2 aromatic rings. The number of ether oxygens (including phenoxy) is 2. The van der Waals surface area contributed by atoms with Crippen molar-refractivity contribution in [3.05, 3.63) is 49.1 Å². The summed E-state index contributed by atoms with van der Waals surface area (Å²) in [4.78, 5) is 0. The molecular formula is C16H18N2O2Se. The standard InChI is InChI=1S/C16H18N2O2Se/c1-3-8-20-15-9-11(19-2)4-7-16(15)21-12-5-6-13(17)14(18)10-12/h3-7,9-10H,1,8,17-18H2,2H3. The number of nitrogens with two attached hydrogens (primary N) is 2. The molecule has 0 aromatic heterocycles. The third-order valence-electron chi connectivity index (χ3n) is 2.79. The van der Waals surface area contributed by atoms with Crippen LogP contribution >= 0.6 is 0 Å². The molecule has 0 aliphatic heterocycles. The van der Waals surface area contributed by atoms with Crippen LogP contribution in [0, 0.1) is 0 Å². The average molecular weight is 349 g/mol. The minimum absolute atomic E-state index is 0.0740. The summed E-state index contributed by atoms with van der Waals surface area (Å²) in [6.07, 6.45) is 1.72. The molecule has 0 amide bonds. The van der Waals surface area contributed by atoms with Gasteiger partial charge in [-0.15, -0.1) is 0 Å². The first-order chi connectivity index (χ1) is 10.1. The topological polar surface area (TPSA) is 70.5 Å². The molecule has 21 heavy (non-hydrogen) atoms. The van der Waals surface area contributed by atoms with Crippen LogP contribution in [-0.2, 0) is 0 Å². The Morgan fingerprint density at radius 3 is 2.62 bits per heavy atom. The Labute approximate surface area is 130 Å². The molecule has 0 atom stereocenters. The molecule has 2 rings (SSSR count). The number of anilines is 2. The Morgan fingerprint density at radius 2 is 1.95 bits per heavy atom. The molecule has 5 heteroatoms. The van der Waals surface area contributed by atoms with Gasteiger partial charge in [0.15, 0.2) is 0 Å². The van der Waals surface area contributed by atoms with E-state index in [-0.39, 0.29) is 15.0 Å². The van der Waals surface area contributed by atoms with E-state index in [2.05, 4.69) is 6.58 Å². The summed E-state index contributed by atoms with van der Waals surface area (Å²) in [6.45, 7) is 4.13. The first-order valence-electron chi connectivity index (χ1n) is 6.38. The van der Waals surface area contributed by atoms with Crippen molar-refractivity contribution in [2.75, 3.05) is 25.2 Å². The number of methoxy groups -OCH3 is 1. The summed E-state index contributed by atoms with van der Waals surface area (Å²) in [5, 5.41) is 0. The van der Waals surface area contributed by atoms with E-state index in [9.17, 15) is 0 Å². The molecule has 4 N–H and O–H groups in total. The molecule has 4 nitrogen and oxygen atoms in total. The van der Waals surface area contributed by atoms with E-state index in [1.807, 2.05) is 36.4 Å². The van der Waals surface area contributed by atoms with Gasteiger partial charge in [-0.2, -0.15) is 0 Å². The summed E-state index contributed by atoms with van der Waals surface area (Å²) < 4.78 is 13.2. The molecule has 0 aliphatic carbocycles. The van der Waals surface area contributed by atoms with Crippen LogP contribution < -0.4 is 29.9 Å². The van der Waals surface area contributed by atoms with Crippen LogP contribution in [0.5, 0.6) is 11.5 Å². The van der Waals surface area contributed by atoms with Gasteiger partial charge in [0, 0.05) is 0 Å². The molecule has 0 aliphatic rings. The first kappa shape index (κ1) is 15.3. The van der Waals surface area contributed by atoms with E-state index in [1.54, 1.807) is 13.2 Å². The second-order valence-electron chi connectivity index (χ2n) is 4.31. The van der Waals surface area contributed by atoms with Gasteiger partial charge in [0.05, 0.1) is 0 Å². The van der Waals surface area contributed by atoms with Gasteiger partial charge in [-0.05, 0) is 0 Å². The van der Waals surface area contributed by atoms with Gasteiger partial charge in [0.2, 0.25) is 0 Å². The van der Waals surface area contributed by atoms with E-state index in [0.717, 1.165) is 20.4 Å². The van der Waals surface area contributed by atoms with Crippen LogP contribution in [0.2, 0.25) is 0 Å². The molecule has 0 unspecified atom stereocenters. The zero-order chi connectivity index (χ0) is 15.2. The second-order valence-corrected chi connectivity index (χ2v) is 6.65. The van der Waals surface area contributed by atoms with Gasteiger partial charge < -0.3 is 0 Å². The number of hydrogen-bond donors (Lipinski definition) is 2. The van der Waals surface area contributed by atoms with Crippen molar-refractivity contribution in [3.63, 3.8) is 0 Å². The summed E-state index contributed by atoms with van der Waals surface area (Å²) >= 11 is 0.0740. The molecule has 2 aromatic carbocycles. The predicted molar refractivity (Wildman–Crippen MR) is 89.0 cm³/mol. The quantitative estimate of drug-likeness (QED) is 0.465. The monoisotopic (exact) mass is 350 g/mol. The Balaban J connectivity index is 2.28. The third-order valence-corrected chi connectivity index (χ3v) is 4.99. The van der Waals surface area contributed by atoms with Crippen LogP contribution in [0.4, 0.5) is 11.4 Å². The Hall–Kier alpha value is -2.10. The van der Waals surface area contributed by atoms with Gasteiger partial charge >= 0.3 is 130 Å². The van der Waals surface area contributed by atoms with E-state index in [1.165, 1.54) is 0 Å². The van der Waals surface area contributed by atoms with Crippen molar-refractivity contribution in [1.29, 1.82) is 0 Å². The van der Waals surface area contributed by atoms with Gasteiger partial charge in [-0.3, -0.25) is 0 Å². The summed E-state index contributed by atoms with van der Waals surface area (Å²) in [6, 6.07) is 11.6.